The molecule has 2 aromatic rings. The second-order valence-corrected chi connectivity index (χ2v) is 4.67. The summed E-state index contributed by atoms with van der Waals surface area (Å²) >= 11 is 5.51. The first-order valence-corrected chi connectivity index (χ1v) is 6.33. The van der Waals surface area contributed by atoms with E-state index in [1.165, 1.54) is 4.57 Å². The van der Waals surface area contributed by atoms with Crippen molar-refractivity contribution in [2.75, 3.05) is 5.88 Å². The van der Waals surface area contributed by atoms with Crippen molar-refractivity contribution < 1.29 is 18.0 Å². The number of hydrogen-bond acceptors (Lipinski definition) is 1. The number of aromatic nitrogens is 1. The van der Waals surface area contributed by atoms with Crippen LogP contribution in [0.15, 0.2) is 18.2 Å². The van der Waals surface area contributed by atoms with E-state index >= 15 is 0 Å². The summed E-state index contributed by atoms with van der Waals surface area (Å²) in [6, 6.07) is 3.35. The molecule has 0 amide bonds. The van der Waals surface area contributed by atoms with E-state index in [1.54, 1.807) is 19.9 Å². The van der Waals surface area contributed by atoms with Gasteiger partial charge in [0.05, 0.1) is 11.6 Å². The maximum absolute atomic E-state index is 13.3. The highest BCUT2D eigenvalue weighted by atomic mass is 35.5. The van der Waals surface area contributed by atoms with Gasteiger partial charge in [0.15, 0.2) is 23.2 Å². The summed E-state index contributed by atoms with van der Waals surface area (Å²) in [5.41, 5.74) is 1.59. The Hall–Kier alpha value is -1.75. The smallest absolute Gasteiger partial charge is 0.194 e. The highest BCUT2D eigenvalue weighted by molar-refractivity contribution is 6.30. The Labute approximate surface area is 118 Å². The number of carbonyl (C=O) groups is 1. The second-order valence-electron chi connectivity index (χ2n) is 4.40. The highest BCUT2D eigenvalue weighted by Crippen LogP contribution is 2.24. The summed E-state index contributed by atoms with van der Waals surface area (Å²) in [5, 5.41) is 0. The van der Waals surface area contributed by atoms with Crippen LogP contribution in [-0.4, -0.2) is 16.2 Å². The van der Waals surface area contributed by atoms with Crippen LogP contribution in [-0.2, 0) is 0 Å². The number of alkyl halides is 1. The lowest BCUT2D eigenvalue weighted by molar-refractivity contribution is 0.102. The van der Waals surface area contributed by atoms with Crippen molar-refractivity contribution in [2.24, 2.45) is 0 Å². The molecule has 0 fully saturated rings. The van der Waals surface area contributed by atoms with Gasteiger partial charge in [-0.15, -0.1) is 11.6 Å². The van der Waals surface area contributed by atoms with Gasteiger partial charge in [0, 0.05) is 29.1 Å². The molecule has 1 heterocycles. The summed E-state index contributed by atoms with van der Waals surface area (Å²) in [6.45, 7) is 3.31. The lowest BCUT2D eigenvalue weighted by atomic mass is 10.2. The molecular formula is C14H11ClF3NO. The molecule has 0 saturated heterocycles. The Bertz CT molecular complexity index is 671. The minimum absolute atomic E-state index is 0.116. The maximum Gasteiger partial charge on any atom is 0.194 e. The van der Waals surface area contributed by atoms with Crippen LogP contribution in [0, 0.1) is 31.3 Å². The van der Waals surface area contributed by atoms with E-state index in [9.17, 15) is 18.0 Å². The molecule has 106 valence electrons. The van der Waals surface area contributed by atoms with E-state index in [0.717, 1.165) is 12.1 Å². The van der Waals surface area contributed by atoms with Gasteiger partial charge in [0.2, 0.25) is 0 Å². The number of halogens is 4. The predicted molar refractivity (Wildman–Crippen MR) is 70.2 cm³/mol. The van der Waals surface area contributed by atoms with Crippen LogP contribution in [0.2, 0.25) is 0 Å². The number of ketones is 1. The number of rotatable bonds is 3. The largest absolute Gasteiger partial charge is 0.318 e. The molecule has 6 heteroatoms. The SMILES string of the molecule is Cc1cc(C(=O)CCl)c(C)n1-c1cc(F)c(F)c(F)c1. The Kier molecular flexibility index (Phi) is 3.90. The number of benzene rings is 1. The molecular weight excluding hydrogens is 291 g/mol. The number of Topliss-reactive ketones (excluding diaryl/α,β-unsaturated/α-hetero) is 1. The average Bonchev–Trinajstić information content (AvgIpc) is 2.70. The molecule has 0 spiro atoms. The van der Waals surface area contributed by atoms with Crippen LogP contribution in [0.5, 0.6) is 0 Å². The van der Waals surface area contributed by atoms with Gasteiger partial charge in [-0.3, -0.25) is 4.79 Å². The normalized spacial score (nSPS) is 10.9. The molecule has 0 saturated carbocycles. The van der Waals surface area contributed by atoms with Crippen LogP contribution < -0.4 is 0 Å². The van der Waals surface area contributed by atoms with Crippen LogP contribution in [0.25, 0.3) is 5.69 Å². The maximum atomic E-state index is 13.3. The van der Waals surface area contributed by atoms with Gasteiger partial charge < -0.3 is 4.57 Å². The summed E-state index contributed by atoms with van der Waals surface area (Å²) in [7, 11) is 0. The Balaban J connectivity index is 2.65. The number of hydrogen-bond donors (Lipinski definition) is 0. The first-order valence-electron chi connectivity index (χ1n) is 5.79. The molecule has 1 aromatic heterocycles. The van der Waals surface area contributed by atoms with Crippen molar-refractivity contribution in [1.29, 1.82) is 0 Å². The first-order chi connectivity index (χ1) is 9.36. The molecule has 1 aromatic carbocycles. The summed E-state index contributed by atoms with van der Waals surface area (Å²) in [4.78, 5) is 11.7. The summed E-state index contributed by atoms with van der Waals surface area (Å²) in [5.74, 6) is -4.55. The summed E-state index contributed by atoms with van der Waals surface area (Å²) < 4.78 is 41.1. The van der Waals surface area contributed by atoms with Gasteiger partial charge in [0.1, 0.15) is 0 Å². The molecule has 0 aliphatic carbocycles. The predicted octanol–water partition coefficient (Wildman–Crippen LogP) is 3.93. The third kappa shape index (κ3) is 2.33. The van der Waals surface area contributed by atoms with Crippen molar-refractivity contribution in [3.8, 4) is 5.69 Å². The van der Waals surface area contributed by atoms with Crippen molar-refractivity contribution in [3.63, 3.8) is 0 Å². The zero-order valence-corrected chi connectivity index (χ0v) is 11.6. The standard InChI is InChI=1S/C14H11ClF3NO/c1-7-3-10(13(20)6-15)8(2)19(7)9-4-11(16)14(18)12(17)5-9/h3-5H,6H2,1-2H3. The van der Waals surface area contributed by atoms with Gasteiger partial charge in [-0.25, -0.2) is 13.2 Å². The molecule has 2 nitrogen and oxygen atoms in total. The average molecular weight is 302 g/mol. The van der Waals surface area contributed by atoms with Crippen LogP contribution >= 0.6 is 11.6 Å². The molecule has 0 bridgehead atoms. The second kappa shape index (κ2) is 5.32. The zero-order chi connectivity index (χ0) is 15.0. The van der Waals surface area contributed by atoms with Gasteiger partial charge in [-0.05, 0) is 19.9 Å². The minimum atomic E-state index is -1.52. The number of nitrogens with zero attached hydrogens (tertiary/aromatic N) is 1. The van der Waals surface area contributed by atoms with Crippen LogP contribution in [0.4, 0.5) is 13.2 Å². The molecule has 20 heavy (non-hydrogen) atoms. The number of carbonyl (C=O) groups excluding carboxylic acids is 1. The van der Waals surface area contributed by atoms with E-state index in [1.807, 2.05) is 0 Å². The molecule has 0 radical (unpaired) electrons. The molecule has 2 rings (SSSR count). The topological polar surface area (TPSA) is 22.0 Å². The Morgan fingerprint density at radius 3 is 2.20 bits per heavy atom. The molecule has 0 unspecified atom stereocenters. The van der Waals surface area contributed by atoms with E-state index in [4.69, 9.17) is 11.6 Å². The summed E-state index contributed by atoms with van der Waals surface area (Å²) in [6.07, 6.45) is 0. The monoisotopic (exact) mass is 301 g/mol. The van der Waals surface area contributed by atoms with Crippen molar-refractivity contribution in [2.45, 2.75) is 13.8 Å². The molecule has 0 N–H and O–H groups in total. The van der Waals surface area contributed by atoms with Gasteiger partial charge in [-0.2, -0.15) is 0 Å². The highest BCUT2D eigenvalue weighted by Gasteiger charge is 2.18. The molecule has 0 atom stereocenters. The fourth-order valence-electron chi connectivity index (χ4n) is 2.19. The Morgan fingerprint density at radius 2 is 1.70 bits per heavy atom. The third-order valence-electron chi connectivity index (χ3n) is 3.08. The van der Waals surface area contributed by atoms with E-state index in [0.29, 0.717) is 17.0 Å². The van der Waals surface area contributed by atoms with E-state index < -0.39 is 17.5 Å². The van der Waals surface area contributed by atoms with Crippen molar-refractivity contribution >= 4 is 17.4 Å². The molecule has 0 aliphatic rings. The number of aryl methyl sites for hydroxylation is 1. The van der Waals surface area contributed by atoms with E-state index in [-0.39, 0.29) is 17.4 Å². The van der Waals surface area contributed by atoms with Gasteiger partial charge >= 0.3 is 0 Å². The van der Waals surface area contributed by atoms with Crippen LogP contribution in [0.1, 0.15) is 21.7 Å². The van der Waals surface area contributed by atoms with Gasteiger partial charge in [-0.1, -0.05) is 0 Å². The fourth-order valence-corrected chi connectivity index (χ4v) is 2.33. The van der Waals surface area contributed by atoms with E-state index in [2.05, 4.69) is 0 Å². The first kappa shape index (κ1) is 14.7. The van der Waals surface area contributed by atoms with Crippen LogP contribution in [0.3, 0.4) is 0 Å². The van der Waals surface area contributed by atoms with Gasteiger partial charge in [0.25, 0.3) is 0 Å². The van der Waals surface area contributed by atoms with Crippen molar-refractivity contribution in [1.82, 2.24) is 4.57 Å². The third-order valence-corrected chi connectivity index (χ3v) is 3.32. The minimum Gasteiger partial charge on any atom is -0.318 e. The lowest BCUT2D eigenvalue weighted by Crippen LogP contribution is -2.05. The molecule has 0 aliphatic heterocycles. The van der Waals surface area contributed by atoms with Crippen molar-refractivity contribution in [3.05, 3.63) is 52.6 Å². The fraction of sp³-hybridized carbons (Fsp3) is 0.214. The Morgan fingerprint density at radius 1 is 1.15 bits per heavy atom. The lowest BCUT2D eigenvalue weighted by Gasteiger charge is -2.10. The quantitative estimate of drug-likeness (QED) is 0.478. The zero-order valence-electron chi connectivity index (χ0n) is 10.8.